The van der Waals surface area contributed by atoms with Crippen LogP contribution >= 0.6 is 0 Å². The van der Waals surface area contributed by atoms with E-state index < -0.39 is 12.3 Å². The Morgan fingerprint density at radius 1 is 0.882 bits per heavy atom. The van der Waals surface area contributed by atoms with Gasteiger partial charge in [-0.15, -0.1) is 0 Å². The van der Waals surface area contributed by atoms with E-state index >= 15 is 0 Å². The van der Waals surface area contributed by atoms with E-state index in [4.69, 9.17) is 20.4 Å². The van der Waals surface area contributed by atoms with E-state index in [2.05, 4.69) is 9.68 Å². The number of nitrogens with one attached hydrogen (secondary N) is 1. The van der Waals surface area contributed by atoms with Gasteiger partial charge < -0.3 is 30.1 Å². The van der Waals surface area contributed by atoms with Crippen LogP contribution in [0, 0.1) is 0 Å². The normalized spacial score (nSPS) is 8.47. The molecule has 0 aromatic heterocycles. The lowest BCUT2D eigenvalue weighted by atomic mass is 10.3. The Balaban J connectivity index is 0.000000302. The first-order chi connectivity index (χ1) is 7.91. The first kappa shape index (κ1) is 14.3. The predicted octanol–water partition coefficient (Wildman–Crippen LogP) is 0.893. The van der Waals surface area contributed by atoms with Crippen molar-refractivity contribution in [3.05, 3.63) is 24.3 Å². The number of rotatable bonds is 2. The van der Waals surface area contributed by atoms with Crippen molar-refractivity contribution in [2.45, 2.75) is 0 Å². The van der Waals surface area contributed by atoms with Crippen molar-refractivity contribution in [2.75, 3.05) is 0 Å². The lowest BCUT2D eigenvalue weighted by molar-refractivity contribution is -0.113. The third kappa shape index (κ3) is 9.62. The average Bonchev–Trinajstić information content (AvgIpc) is 2.22. The summed E-state index contributed by atoms with van der Waals surface area (Å²) in [5.74, 6) is 0.339. The third-order valence-electron chi connectivity index (χ3n) is 1.11. The summed E-state index contributed by atoms with van der Waals surface area (Å²) in [6.07, 6.45) is -3.37. The van der Waals surface area contributed by atoms with Crippen LogP contribution in [0.2, 0.25) is 0 Å². The van der Waals surface area contributed by atoms with Crippen molar-refractivity contribution < 1.29 is 39.7 Å². The number of hydrogen-bond donors (Lipinski definition) is 5. The molecule has 1 aromatic rings. The molecule has 0 aliphatic heterocycles. The predicted molar refractivity (Wildman–Crippen MR) is 51.1 cm³/mol. The molecule has 9 heteroatoms. The fourth-order valence-electron chi connectivity index (χ4n) is 0.545. The molecular weight excluding hydrogens is 238 g/mol. The molecule has 9 nitrogen and oxygen atoms in total. The maximum Gasteiger partial charge on any atom is 0.527 e. The fourth-order valence-corrected chi connectivity index (χ4v) is 0.545. The van der Waals surface area contributed by atoms with E-state index in [9.17, 15) is 9.59 Å². The van der Waals surface area contributed by atoms with E-state index in [1.165, 1.54) is 29.9 Å². The van der Waals surface area contributed by atoms with Crippen LogP contribution in [0.4, 0.5) is 9.59 Å². The summed E-state index contributed by atoms with van der Waals surface area (Å²) >= 11 is 0. The lowest BCUT2D eigenvalue weighted by Crippen LogP contribution is -2.21. The summed E-state index contributed by atoms with van der Waals surface area (Å²) in [4.78, 5) is 25.7. The van der Waals surface area contributed by atoms with Gasteiger partial charge in [0.1, 0.15) is 11.5 Å². The molecule has 0 aliphatic rings. The molecule has 0 saturated heterocycles. The molecule has 0 saturated carbocycles. The monoisotopic (exact) mass is 247 g/mol. The van der Waals surface area contributed by atoms with E-state index in [1.807, 2.05) is 0 Å². The lowest BCUT2D eigenvalue weighted by Gasteiger charge is -1.96. The van der Waals surface area contributed by atoms with Crippen LogP contribution in [0.15, 0.2) is 24.3 Å². The van der Waals surface area contributed by atoms with Gasteiger partial charge in [-0.1, -0.05) is 0 Å². The minimum Gasteiger partial charge on any atom is -0.508 e. The summed E-state index contributed by atoms with van der Waals surface area (Å²) < 4.78 is 0. The third-order valence-corrected chi connectivity index (χ3v) is 1.11. The molecule has 0 unspecified atom stereocenters. The Kier molecular flexibility index (Phi) is 6.39. The number of hydrogen-bond acceptors (Lipinski definition) is 7. The Bertz CT molecular complexity index is 327. The molecular formula is C8H9NO8. The summed E-state index contributed by atoms with van der Waals surface area (Å²) in [7, 11) is 0. The zero-order valence-corrected chi connectivity index (χ0v) is 8.23. The van der Waals surface area contributed by atoms with Gasteiger partial charge in [-0.25, -0.2) is 9.59 Å². The molecule has 17 heavy (non-hydrogen) atoms. The number of benzene rings is 1. The highest BCUT2D eigenvalue weighted by atomic mass is 17.0. The Morgan fingerprint density at radius 3 is 1.41 bits per heavy atom. The van der Waals surface area contributed by atoms with Gasteiger partial charge in [0.25, 0.3) is 0 Å². The molecule has 0 amide bonds. The maximum atomic E-state index is 9.42. The summed E-state index contributed by atoms with van der Waals surface area (Å²) in [5.41, 5.74) is 1.19. The molecule has 1 aromatic carbocycles. The zero-order chi connectivity index (χ0) is 13.3. The largest absolute Gasteiger partial charge is 0.527 e. The minimum atomic E-state index is -1.68. The second kappa shape index (κ2) is 7.59. The first-order valence-electron chi connectivity index (χ1n) is 3.94. The smallest absolute Gasteiger partial charge is 0.508 e. The molecule has 0 aliphatic carbocycles. The maximum absolute atomic E-state index is 9.42. The van der Waals surface area contributed by atoms with Gasteiger partial charge in [0, 0.05) is 5.64 Å². The van der Waals surface area contributed by atoms with Crippen LogP contribution in [0.5, 0.6) is 11.5 Å². The van der Waals surface area contributed by atoms with Gasteiger partial charge >= 0.3 is 12.3 Å². The van der Waals surface area contributed by atoms with Gasteiger partial charge in [-0.3, -0.25) is 0 Å². The quantitative estimate of drug-likeness (QED) is 0.379. The molecule has 1 rings (SSSR count). The van der Waals surface area contributed by atoms with Crippen molar-refractivity contribution in [3.8, 4) is 11.5 Å². The van der Waals surface area contributed by atoms with Crippen LogP contribution in [0.3, 0.4) is 0 Å². The SMILES string of the molecule is O=C(O)ONOC(=O)O.Oc1ccc(O)cc1. The topological polar surface area (TPSA) is 146 Å². The van der Waals surface area contributed by atoms with Crippen molar-refractivity contribution in [3.63, 3.8) is 0 Å². The Morgan fingerprint density at radius 2 is 1.18 bits per heavy atom. The summed E-state index contributed by atoms with van der Waals surface area (Å²) in [6, 6.07) is 5.70. The number of carbonyl (C=O) groups is 2. The van der Waals surface area contributed by atoms with Crippen molar-refractivity contribution in [1.29, 1.82) is 0 Å². The van der Waals surface area contributed by atoms with E-state index in [0.717, 1.165) is 0 Å². The van der Waals surface area contributed by atoms with Gasteiger partial charge in [0.15, 0.2) is 0 Å². The molecule has 0 spiro atoms. The van der Waals surface area contributed by atoms with E-state index in [0.29, 0.717) is 0 Å². The van der Waals surface area contributed by atoms with E-state index in [1.54, 1.807) is 0 Å². The highest BCUT2D eigenvalue weighted by molar-refractivity contribution is 5.57. The molecule has 0 fully saturated rings. The average molecular weight is 247 g/mol. The van der Waals surface area contributed by atoms with Gasteiger partial charge in [-0.05, 0) is 24.3 Å². The van der Waals surface area contributed by atoms with Gasteiger partial charge in [0.2, 0.25) is 0 Å². The van der Waals surface area contributed by atoms with Crippen LogP contribution in [-0.2, 0) is 9.68 Å². The Labute approximate surface area is 94.4 Å². The van der Waals surface area contributed by atoms with Crippen molar-refractivity contribution in [2.24, 2.45) is 0 Å². The molecule has 0 atom stereocenters. The number of carboxylic acid groups (broad SMARTS) is 2. The highest BCUT2D eigenvalue weighted by Gasteiger charge is 1.98. The number of phenols is 2. The summed E-state index contributed by atoms with van der Waals surface area (Å²) in [5, 5.41) is 32.6. The summed E-state index contributed by atoms with van der Waals surface area (Å²) in [6.45, 7) is 0. The van der Waals surface area contributed by atoms with Gasteiger partial charge in [0.05, 0.1) is 0 Å². The van der Waals surface area contributed by atoms with E-state index in [-0.39, 0.29) is 11.5 Å². The molecule has 5 N–H and O–H groups in total. The van der Waals surface area contributed by atoms with Crippen molar-refractivity contribution in [1.82, 2.24) is 5.64 Å². The number of phenolic OH excluding ortho intramolecular Hbond substituents is 2. The minimum absolute atomic E-state index is 0.169. The first-order valence-corrected chi connectivity index (χ1v) is 3.94. The Hall–Kier alpha value is -2.68. The zero-order valence-electron chi connectivity index (χ0n) is 8.23. The standard InChI is InChI=1S/C6H6O2.C2H3NO6/c7-5-1-2-6(8)4-3-5;4-1(5)8-3-9-2(6)7/h1-4,7-8H;3H,(H,4,5)(H,6,7). The molecule has 94 valence electrons. The molecule has 0 bridgehead atoms. The van der Waals surface area contributed by atoms with Crippen LogP contribution < -0.4 is 5.64 Å². The second-order valence-corrected chi connectivity index (χ2v) is 2.34. The fraction of sp³-hybridized carbons (Fsp3) is 0. The molecule has 0 radical (unpaired) electrons. The van der Waals surface area contributed by atoms with Crippen LogP contribution in [0.1, 0.15) is 0 Å². The van der Waals surface area contributed by atoms with Crippen LogP contribution in [0.25, 0.3) is 0 Å². The van der Waals surface area contributed by atoms with Gasteiger partial charge in [-0.2, -0.15) is 0 Å². The number of aromatic hydroxyl groups is 2. The molecule has 0 heterocycles. The second-order valence-electron chi connectivity index (χ2n) is 2.34. The van der Waals surface area contributed by atoms with Crippen LogP contribution in [-0.4, -0.2) is 32.7 Å². The highest BCUT2D eigenvalue weighted by Crippen LogP contribution is 2.13. The van der Waals surface area contributed by atoms with Crippen molar-refractivity contribution >= 4 is 12.3 Å².